The number of rotatable bonds is 8. The summed E-state index contributed by atoms with van der Waals surface area (Å²) in [5.74, 6) is 1.91. The van der Waals surface area contributed by atoms with Crippen LogP contribution in [0.4, 0.5) is 0 Å². The van der Waals surface area contributed by atoms with Crippen molar-refractivity contribution in [3.8, 4) is 0 Å². The van der Waals surface area contributed by atoms with E-state index in [2.05, 4.69) is 36.6 Å². The predicted octanol–water partition coefficient (Wildman–Crippen LogP) is 3.01. The van der Waals surface area contributed by atoms with Gasteiger partial charge in [0.05, 0.1) is 5.69 Å². The summed E-state index contributed by atoms with van der Waals surface area (Å²) in [6.45, 7) is 5.37. The molecule has 1 heterocycles. The number of hydrogen-bond acceptors (Lipinski definition) is 3. The van der Waals surface area contributed by atoms with E-state index in [9.17, 15) is 0 Å². The highest BCUT2D eigenvalue weighted by molar-refractivity contribution is 7.98. The average Bonchev–Trinajstić information content (AvgIpc) is 2.64. The van der Waals surface area contributed by atoms with Gasteiger partial charge in [0.1, 0.15) is 0 Å². The molecule has 0 atom stereocenters. The molecule has 3 nitrogen and oxygen atoms in total. The lowest BCUT2D eigenvalue weighted by molar-refractivity contribution is 0.472. The Bertz CT molecular complexity index is 284. The molecule has 0 saturated carbocycles. The van der Waals surface area contributed by atoms with Crippen molar-refractivity contribution in [2.45, 2.75) is 46.1 Å². The molecule has 0 fully saturated rings. The third kappa shape index (κ3) is 5.54. The van der Waals surface area contributed by atoms with Crippen LogP contribution in [-0.2, 0) is 13.0 Å². The van der Waals surface area contributed by atoms with Crippen molar-refractivity contribution in [3.63, 3.8) is 0 Å². The van der Waals surface area contributed by atoms with E-state index in [4.69, 9.17) is 0 Å². The minimum absolute atomic E-state index is 0.635. The van der Waals surface area contributed by atoms with Crippen LogP contribution in [0.5, 0.6) is 0 Å². The highest BCUT2D eigenvalue weighted by Gasteiger charge is 2.02. The molecule has 1 aromatic heterocycles. The topological polar surface area (TPSA) is 30.7 Å². The Morgan fingerprint density at radius 2 is 2.12 bits per heavy atom. The van der Waals surface area contributed by atoms with Crippen LogP contribution in [0, 0.1) is 5.92 Å². The summed E-state index contributed by atoms with van der Waals surface area (Å²) >= 11 is 1.93. The summed E-state index contributed by atoms with van der Waals surface area (Å²) in [4.78, 5) is 0. The number of aromatic nitrogens is 3. The van der Waals surface area contributed by atoms with Gasteiger partial charge in [0.15, 0.2) is 0 Å². The number of thioether (sulfide) groups is 1. The van der Waals surface area contributed by atoms with E-state index in [1.807, 2.05) is 16.4 Å². The van der Waals surface area contributed by atoms with Crippen LogP contribution in [0.2, 0.25) is 0 Å². The zero-order valence-corrected chi connectivity index (χ0v) is 11.5. The highest BCUT2D eigenvalue weighted by atomic mass is 32.2. The van der Waals surface area contributed by atoms with Gasteiger partial charge in [-0.2, -0.15) is 11.8 Å². The van der Waals surface area contributed by atoms with E-state index >= 15 is 0 Å². The molecule has 92 valence electrons. The van der Waals surface area contributed by atoms with Crippen LogP contribution in [-0.4, -0.2) is 27.0 Å². The molecule has 0 aromatic carbocycles. The largest absolute Gasteiger partial charge is 0.252 e. The lowest BCUT2D eigenvalue weighted by Crippen LogP contribution is -2.04. The van der Waals surface area contributed by atoms with Crippen molar-refractivity contribution < 1.29 is 0 Å². The molecule has 0 N–H and O–H groups in total. The quantitative estimate of drug-likeness (QED) is 0.656. The standard InChI is InChI=1S/C12H23N3S/c1-11(2)9-15-10-12(13-14-15)7-5-4-6-8-16-3/h10-11H,4-9H2,1-3H3. The highest BCUT2D eigenvalue weighted by Crippen LogP contribution is 2.07. The molecule has 0 aliphatic heterocycles. The lowest BCUT2D eigenvalue weighted by atomic mass is 10.2. The maximum atomic E-state index is 4.19. The van der Waals surface area contributed by atoms with Gasteiger partial charge in [-0.25, -0.2) is 0 Å². The fourth-order valence-electron chi connectivity index (χ4n) is 1.65. The summed E-state index contributed by atoms with van der Waals surface area (Å²) in [6, 6.07) is 0. The number of hydrogen-bond donors (Lipinski definition) is 0. The van der Waals surface area contributed by atoms with E-state index in [1.165, 1.54) is 25.0 Å². The van der Waals surface area contributed by atoms with E-state index < -0.39 is 0 Å². The minimum Gasteiger partial charge on any atom is -0.252 e. The molecular formula is C12H23N3S. The van der Waals surface area contributed by atoms with Gasteiger partial charge in [0.2, 0.25) is 0 Å². The van der Waals surface area contributed by atoms with Gasteiger partial charge < -0.3 is 0 Å². The molecule has 0 amide bonds. The molecule has 1 rings (SSSR count). The second-order valence-electron chi connectivity index (χ2n) is 4.63. The van der Waals surface area contributed by atoms with Gasteiger partial charge in [-0.05, 0) is 37.2 Å². The van der Waals surface area contributed by atoms with Crippen LogP contribution in [0.1, 0.15) is 38.8 Å². The first kappa shape index (κ1) is 13.6. The Balaban J connectivity index is 2.19. The molecule has 0 radical (unpaired) electrons. The molecule has 4 heteroatoms. The van der Waals surface area contributed by atoms with Crippen LogP contribution in [0.3, 0.4) is 0 Å². The molecule has 1 aromatic rings. The normalized spacial score (nSPS) is 11.2. The van der Waals surface area contributed by atoms with Gasteiger partial charge in [-0.1, -0.05) is 25.5 Å². The van der Waals surface area contributed by atoms with E-state index in [-0.39, 0.29) is 0 Å². The van der Waals surface area contributed by atoms with Crippen molar-refractivity contribution in [2.75, 3.05) is 12.0 Å². The molecular weight excluding hydrogens is 218 g/mol. The molecule has 0 bridgehead atoms. The first-order chi connectivity index (χ1) is 7.72. The summed E-state index contributed by atoms with van der Waals surface area (Å²) in [5, 5.41) is 8.33. The van der Waals surface area contributed by atoms with Gasteiger partial charge in [0.25, 0.3) is 0 Å². The smallest absolute Gasteiger partial charge is 0.0827 e. The van der Waals surface area contributed by atoms with Gasteiger partial charge in [0, 0.05) is 12.7 Å². The van der Waals surface area contributed by atoms with Crippen molar-refractivity contribution in [1.29, 1.82) is 0 Å². The number of unbranched alkanes of at least 4 members (excludes halogenated alkanes) is 2. The fourth-order valence-corrected chi connectivity index (χ4v) is 2.14. The Morgan fingerprint density at radius 1 is 1.31 bits per heavy atom. The van der Waals surface area contributed by atoms with Crippen LogP contribution < -0.4 is 0 Å². The first-order valence-corrected chi connectivity index (χ1v) is 7.49. The minimum atomic E-state index is 0.635. The second kappa shape index (κ2) is 7.71. The monoisotopic (exact) mass is 241 g/mol. The third-order valence-corrected chi connectivity index (χ3v) is 3.12. The first-order valence-electron chi connectivity index (χ1n) is 6.10. The molecule has 0 saturated heterocycles. The zero-order chi connectivity index (χ0) is 11.8. The molecule has 16 heavy (non-hydrogen) atoms. The van der Waals surface area contributed by atoms with Crippen molar-refractivity contribution >= 4 is 11.8 Å². The third-order valence-electron chi connectivity index (χ3n) is 2.42. The summed E-state index contributed by atoms with van der Waals surface area (Å²) in [6.07, 6.45) is 9.19. The Hall–Kier alpha value is -0.510. The van der Waals surface area contributed by atoms with Crippen LogP contribution in [0.25, 0.3) is 0 Å². The predicted molar refractivity (Wildman–Crippen MR) is 70.8 cm³/mol. The molecule has 0 spiro atoms. The van der Waals surface area contributed by atoms with Gasteiger partial charge >= 0.3 is 0 Å². The summed E-state index contributed by atoms with van der Waals surface area (Å²) in [5.41, 5.74) is 1.14. The maximum absolute atomic E-state index is 4.19. The Kier molecular flexibility index (Phi) is 6.53. The van der Waals surface area contributed by atoms with Crippen molar-refractivity contribution in [3.05, 3.63) is 11.9 Å². The van der Waals surface area contributed by atoms with Crippen molar-refractivity contribution in [1.82, 2.24) is 15.0 Å². The Labute approximate surface area is 103 Å². The maximum Gasteiger partial charge on any atom is 0.0827 e. The van der Waals surface area contributed by atoms with E-state index in [1.54, 1.807) is 0 Å². The van der Waals surface area contributed by atoms with Gasteiger partial charge in [-0.3, -0.25) is 4.68 Å². The molecule has 0 aliphatic carbocycles. The molecule has 0 unspecified atom stereocenters. The van der Waals surface area contributed by atoms with Crippen LogP contribution >= 0.6 is 11.8 Å². The SMILES string of the molecule is CSCCCCCc1cn(CC(C)C)nn1. The zero-order valence-electron chi connectivity index (χ0n) is 10.6. The second-order valence-corrected chi connectivity index (χ2v) is 5.61. The van der Waals surface area contributed by atoms with Crippen molar-refractivity contribution in [2.24, 2.45) is 5.92 Å². The Morgan fingerprint density at radius 3 is 2.81 bits per heavy atom. The fraction of sp³-hybridized carbons (Fsp3) is 0.833. The number of aryl methyl sites for hydroxylation is 1. The average molecular weight is 241 g/mol. The van der Waals surface area contributed by atoms with E-state index in [0.29, 0.717) is 5.92 Å². The van der Waals surface area contributed by atoms with Gasteiger partial charge in [-0.15, -0.1) is 5.10 Å². The van der Waals surface area contributed by atoms with Crippen LogP contribution in [0.15, 0.2) is 6.20 Å². The van der Waals surface area contributed by atoms with E-state index in [0.717, 1.165) is 18.7 Å². The summed E-state index contributed by atoms with van der Waals surface area (Å²) < 4.78 is 1.96. The molecule has 0 aliphatic rings. The summed E-state index contributed by atoms with van der Waals surface area (Å²) in [7, 11) is 0. The lowest BCUT2D eigenvalue weighted by Gasteiger charge is -2.01. The number of nitrogens with zero attached hydrogens (tertiary/aromatic N) is 3.